The number of hydrogen-bond acceptors (Lipinski definition) is 4. The van der Waals surface area contributed by atoms with Gasteiger partial charge < -0.3 is 20.5 Å². The van der Waals surface area contributed by atoms with Gasteiger partial charge in [0.15, 0.2) is 0 Å². The molecule has 17 heavy (non-hydrogen) atoms. The molecule has 0 aromatic rings. The van der Waals surface area contributed by atoms with Crippen molar-refractivity contribution in [1.29, 1.82) is 0 Å². The molecule has 1 atom stereocenters. The molecule has 1 aliphatic rings. The van der Waals surface area contributed by atoms with Gasteiger partial charge in [0.25, 0.3) is 0 Å². The van der Waals surface area contributed by atoms with Crippen molar-refractivity contribution in [3.63, 3.8) is 0 Å². The maximum absolute atomic E-state index is 11.5. The normalized spacial score (nSPS) is 24.9. The smallest absolute Gasteiger partial charge is 0.221 e. The summed E-state index contributed by atoms with van der Waals surface area (Å²) in [5, 5.41) is 15.9. The molecule has 1 amide bonds. The number of ether oxygens (including phenoxy) is 1. The molecule has 0 spiro atoms. The quantitative estimate of drug-likeness (QED) is 0.638. The van der Waals surface area contributed by atoms with Crippen molar-refractivity contribution in [2.45, 2.75) is 44.8 Å². The standard InChI is InChI=1S/C12H24N2O3/c1-11(2,3)14-6-4-10(15)13-8-12(16)5-7-17-9-12/h14,16H,4-9H2,1-3H3,(H,13,15). The van der Waals surface area contributed by atoms with Crippen LogP contribution in [0.15, 0.2) is 0 Å². The van der Waals surface area contributed by atoms with Gasteiger partial charge >= 0.3 is 0 Å². The molecule has 100 valence electrons. The van der Waals surface area contributed by atoms with E-state index >= 15 is 0 Å². The van der Waals surface area contributed by atoms with Crippen LogP contribution in [-0.4, -0.2) is 48.5 Å². The van der Waals surface area contributed by atoms with Crippen molar-refractivity contribution in [2.24, 2.45) is 0 Å². The number of carbonyl (C=O) groups is 1. The zero-order chi connectivity index (χ0) is 12.9. The fourth-order valence-corrected chi connectivity index (χ4v) is 1.64. The van der Waals surface area contributed by atoms with Crippen LogP contribution < -0.4 is 10.6 Å². The van der Waals surface area contributed by atoms with Gasteiger partial charge in [0, 0.05) is 38.1 Å². The van der Waals surface area contributed by atoms with Crippen LogP contribution in [0.25, 0.3) is 0 Å². The Labute approximate surface area is 103 Å². The fourth-order valence-electron chi connectivity index (χ4n) is 1.64. The molecule has 1 saturated heterocycles. The summed E-state index contributed by atoms with van der Waals surface area (Å²) < 4.78 is 5.10. The number of hydrogen-bond donors (Lipinski definition) is 3. The zero-order valence-electron chi connectivity index (χ0n) is 11.0. The average Bonchev–Trinajstić information content (AvgIpc) is 2.61. The third kappa shape index (κ3) is 6.00. The lowest BCUT2D eigenvalue weighted by Crippen LogP contribution is -2.44. The van der Waals surface area contributed by atoms with Gasteiger partial charge in [0.2, 0.25) is 5.91 Å². The third-order valence-electron chi connectivity index (χ3n) is 2.70. The van der Waals surface area contributed by atoms with E-state index in [0.29, 0.717) is 32.6 Å². The molecule has 0 aromatic carbocycles. The predicted molar refractivity (Wildman–Crippen MR) is 65.8 cm³/mol. The first-order chi connectivity index (χ1) is 7.81. The van der Waals surface area contributed by atoms with Crippen LogP contribution in [0.1, 0.15) is 33.6 Å². The highest BCUT2D eigenvalue weighted by atomic mass is 16.5. The lowest BCUT2D eigenvalue weighted by atomic mass is 10.0. The second-order valence-electron chi connectivity index (χ2n) is 5.73. The number of aliphatic hydroxyl groups is 1. The molecular weight excluding hydrogens is 220 g/mol. The van der Waals surface area contributed by atoms with Crippen molar-refractivity contribution in [2.75, 3.05) is 26.3 Å². The van der Waals surface area contributed by atoms with Crippen LogP contribution in [0.2, 0.25) is 0 Å². The molecule has 0 radical (unpaired) electrons. The van der Waals surface area contributed by atoms with Crippen molar-refractivity contribution >= 4 is 5.91 Å². The van der Waals surface area contributed by atoms with Crippen LogP contribution in [0.4, 0.5) is 0 Å². The molecule has 1 fully saturated rings. The van der Waals surface area contributed by atoms with Gasteiger partial charge in [-0.3, -0.25) is 4.79 Å². The minimum atomic E-state index is -0.868. The Kier molecular flexibility index (Phi) is 4.91. The third-order valence-corrected chi connectivity index (χ3v) is 2.70. The molecule has 1 aliphatic heterocycles. The first kappa shape index (κ1) is 14.4. The lowest BCUT2D eigenvalue weighted by Gasteiger charge is -2.22. The van der Waals surface area contributed by atoms with Gasteiger partial charge in [0.05, 0.1) is 6.61 Å². The summed E-state index contributed by atoms with van der Waals surface area (Å²) in [5.74, 6) is -0.0397. The van der Waals surface area contributed by atoms with Crippen LogP contribution >= 0.6 is 0 Å². The van der Waals surface area contributed by atoms with Crippen LogP contribution in [0, 0.1) is 0 Å². The highest BCUT2D eigenvalue weighted by molar-refractivity contribution is 5.76. The van der Waals surface area contributed by atoms with E-state index < -0.39 is 5.60 Å². The van der Waals surface area contributed by atoms with Crippen molar-refractivity contribution in [1.82, 2.24) is 10.6 Å². The Balaban J connectivity index is 2.13. The summed E-state index contributed by atoms with van der Waals surface area (Å²) in [5.41, 5.74) is -0.842. The molecule has 1 unspecified atom stereocenters. The molecule has 1 heterocycles. The molecule has 0 aromatic heterocycles. The summed E-state index contributed by atoms with van der Waals surface area (Å²) >= 11 is 0. The second kappa shape index (κ2) is 5.80. The van der Waals surface area contributed by atoms with E-state index in [4.69, 9.17) is 4.74 Å². The molecule has 0 saturated carbocycles. The van der Waals surface area contributed by atoms with Gasteiger partial charge in [-0.2, -0.15) is 0 Å². The molecular formula is C12H24N2O3. The van der Waals surface area contributed by atoms with Gasteiger partial charge in [-0.1, -0.05) is 0 Å². The van der Waals surface area contributed by atoms with Gasteiger partial charge in [-0.15, -0.1) is 0 Å². The number of carbonyl (C=O) groups excluding carboxylic acids is 1. The topological polar surface area (TPSA) is 70.6 Å². The first-order valence-electron chi connectivity index (χ1n) is 6.13. The summed E-state index contributed by atoms with van der Waals surface area (Å²) in [4.78, 5) is 11.5. The average molecular weight is 244 g/mol. The van der Waals surface area contributed by atoms with E-state index in [0.717, 1.165) is 0 Å². The Bertz CT molecular complexity index is 255. The van der Waals surface area contributed by atoms with Crippen LogP contribution in [-0.2, 0) is 9.53 Å². The number of rotatable bonds is 5. The van der Waals surface area contributed by atoms with Gasteiger partial charge in [0.1, 0.15) is 5.60 Å². The van der Waals surface area contributed by atoms with E-state index in [1.165, 1.54) is 0 Å². The van der Waals surface area contributed by atoms with E-state index in [9.17, 15) is 9.90 Å². The lowest BCUT2D eigenvalue weighted by molar-refractivity contribution is -0.122. The minimum absolute atomic E-state index is 0.0256. The minimum Gasteiger partial charge on any atom is -0.386 e. The summed E-state index contributed by atoms with van der Waals surface area (Å²) in [6, 6.07) is 0. The van der Waals surface area contributed by atoms with Crippen LogP contribution in [0.5, 0.6) is 0 Å². The molecule has 5 nitrogen and oxygen atoms in total. The van der Waals surface area contributed by atoms with E-state index in [2.05, 4.69) is 31.4 Å². The highest BCUT2D eigenvalue weighted by Gasteiger charge is 2.32. The first-order valence-corrected chi connectivity index (χ1v) is 6.13. The maximum atomic E-state index is 11.5. The van der Waals surface area contributed by atoms with Crippen molar-refractivity contribution in [3.05, 3.63) is 0 Å². The molecule has 0 aliphatic carbocycles. The van der Waals surface area contributed by atoms with Crippen molar-refractivity contribution < 1.29 is 14.6 Å². The number of amides is 1. The summed E-state index contributed by atoms with van der Waals surface area (Å²) in [6.07, 6.45) is 1.02. The molecule has 5 heteroatoms. The highest BCUT2D eigenvalue weighted by Crippen LogP contribution is 2.16. The van der Waals surface area contributed by atoms with Gasteiger partial charge in [-0.25, -0.2) is 0 Å². The maximum Gasteiger partial charge on any atom is 0.221 e. The predicted octanol–water partition coefficient (Wildman–Crippen LogP) is 0.0322. The SMILES string of the molecule is CC(C)(C)NCCC(=O)NCC1(O)CCOC1. The molecule has 3 N–H and O–H groups in total. The summed E-state index contributed by atoms with van der Waals surface area (Å²) in [7, 11) is 0. The monoisotopic (exact) mass is 244 g/mol. The second-order valence-corrected chi connectivity index (χ2v) is 5.73. The van der Waals surface area contributed by atoms with E-state index in [1.54, 1.807) is 0 Å². The largest absolute Gasteiger partial charge is 0.386 e. The Hall–Kier alpha value is -0.650. The molecule has 1 rings (SSSR count). The van der Waals surface area contributed by atoms with E-state index in [1.807, 2.05) is 0 Å². The Morgan fingerprint density at radius 3 is 2.71 bits per heavy atom. The zero-order valence-corrected chi connectivity index (χ0v) is 11.0. The Morgan fingerprint density at radius 2 is 2.18 bits per heavy atom. The molecule has 0 bridgehead atoms. The summed E-state index contributed by atoms with van der Waals surface area (Å²) in [6.45, 7) is 7.98. The van der Waals surface area contributed by atoms with Crippen molar-refractivity contribution in [3.8, 4) is 0 Å². The fraction of sp³-hybridized carbons (Fsp3) is 0.917. The Morgan fingerprint density at radius 1 is 1.47 bits per heavy atom. The van der Waals surface area contributed by atoms with Gasteiger partial charge in [-0.05, 0) is 20.8 Å². The number of nitrogens with one attached hydrogen (secondary N) is 2. The van der Waals surface area contributed by atoms with E-state index in [-0.39, 0.29) is 18.0 Å². The van der Waals surface area contributed by atoms with Crippen LogP contribution in [0.3, 0.4) is 0 Å².